The molecule has 0 aliphatic heterocycles. The normalized spacial score (nSPS) is 11.6. The molecule has 34 heavy (non-hydrogen) atoms. The Balaban J connectivity index is 1.71. The van der Waals surface area contributed by atoms with Gasteiger partial charge >= 0.3 is 5.97 Å². The zero-order chi connectivity index (χ0) is 24.3. The SMILES string of the molecule is COc1ccc(C=CC(=O)Oc2c(-c3ccc(C(C)(C)C)cc3)oc3ccccc3c2=O)cc1. The summed E-state index contributed by atoms with van der Waals surface area (Å²) in [5.74, 6) is 0.128. The van der Waals surface area contributed by atoms with Crippen molar-refractivity contribution in [1.29, 1.82) is 0 Å². The summed E-state index contributed by atoms with van der Waals surface area (Å²) in [6.07, 6.45) is 2.89. The molecule has 0 saturated heterocycles. The Kier molecular flexibility index (Phi) is 6.37. The summed E-state index contributed by atoms with van der Waals surface area (Å²) in [6, 6.07) is 21.8. The number of benzene rings is 3. The van der Waals surface area contributed by atoms with Gasteiger partial charge in [0.15, 0.2) is 5.76 Å². The Bertz CT molecular complexity index is 1400. The molecular formula is C29H26O5. The summed E-state index contributed by atoms with van der Waals surface area (Å²) in [5.41, 5.74) is 2.59. The summed E-state index contributed by atoms with van der Waals surface area (Å²) in [7, 11) is 1.59. The topological polar surface area (TPSA) is 65.7 Å². The van der Waals surface area contributed by atoms with Crippen LogP contribution in [0.3, 0.4) is 0 Å². The molecule has 0 spiro atoms. The maximum Gasteiger partial charge on any atom is 0.336 e. The molecule has 4 rings (SSSR count). The molecule has 0 bridgehead atoms. The predicted molar refractivity (Wildman–Crippen MR) is 134 cm³/mol. The number of para-hydroxylation sites is 1. The van der Waals surface area contributed by atoms with Crippen LogP contribution in [0.4, 0.5) is 0 Å². The van der Waals surface area contributed by atoms with Crippen LogP contribution in [0.15, 0.2) is 88.1 Å². The van der Waals surface area contributed by atoms with Crippen molar-refractivity contribution in [3.8, 4) is 22.8 Å². The van der Waals surface area contributed by atoms with Gasteiger partial charge in [-0.2, -0.15) is 0 Å². The molecule has 0 aliphatic rings. The van der Waals surface area contributed by atoms with E-state index in [1.807, 2.05) is 36.4 Å². The van der Waals surface area contributed by atoms with E-state index in [4.69, 9.17) is 13.9 Å². The molecular weight excluding hydrogens is 428 g/mol. The Morgan fingerprint density at radius 3 is 2.24 bits per heavy atom. The molecule has 3 aromatic carbocycles. The van der Waals surface area contributed by atoms with Gasteiger partial charge in [0.2, 0.25) is 11.2 Å². The van der Waals surface area contributed by atoms with E-state index in [0.29, 0.717) is 16.5 Å². The molecule has 0 unspecified atom stereocenters. The second-order valence-electron chi connectivity index (χ2n) is 8.94. The molecule has 0 aliphatic carbocycles. The van der Waals surface area contributed by atoms with Crippen molar-refractivity contribution in [3.05, 3.63) is 100 Å². The first-order valence-electron chi connectivity index (χ1n) is 11.0. The van der Waals surface area contributed by atoms with E-state index in [-0.39, 0.29) is 16.9 Å². The summed E-state index contributed by atoms with van der Waals surface area (Å²) in [4.78, 5) is 25.9. The fourth-order valence-electron chi connectivity index (χ4n) is 3.54. The summed E-state index contributed by atoms with van der Waals surface area (Å²) in [5, 5.41) is 0.347. The molecule has 0 atom stereocenters. The van der Waals surface area contributed by atoms with Gasteiger partial charge in [-0.3, -0.25) is 4.79 Å². The number of ether oxygens (including phenoxy) is 2. The lowest BCUT2D eigenvalue weighted by Crippen LogP contribution is -2.14. The van der Waals surface area contributed by atoms with E-state index in [1.165, 1.54) is 6.08 Å². The molecule has 4 aromatic rings. The molecule has 0 radical (unpaired) electrons. The number of hydrogen-bond acceptors (Lipinski definition) is 5. The van der Waals surface area contributed by atoms with Crippen LogP contribution in [0.1, 0.15) is 31.9 Å². The minimum Gasteiger partial charge on any atom is -0.497 e. The van der Waals surface area contributed by atoms with Crippen LogP contribution < -0.4 is 14.9 Å². The summed E-state index contributed by atoms with van der Waals surface area (Å²) in [6.45, 7) is 6.38. The lowest BCUT2D eigenvalue weighted by molar-refractivity contribution is -0.129. The van der Waals surface area contributed by atoms with Gasteiger partial charge in [-0.25, -0.2) is 4.79 Å². The third kappa shape index (κ3) is 4.94. The smallest absolute Gasteiger partial charge is 0.336 e. The largest absolute Gasteiger partial charge is 0.497 e. The first kappa shape index (κ1) is 23.1. The molecule has 5 nitrogen and oxygen atoms in total. The Morgan fingerprint density at radius 2 is 1.59 bits per heavy atom. The number of carbonyl (C=O) groups excluding carboxylic acids is 1. The molecule has 172 valence electrons. The lowest BCUT2D eigenvalue weighted by Gasteiger charge is -2.19. The van der Waals surface area contributed by atoms with Crippen molar-refractivity contribution in [3.63, 3.8) is 0 Å². The van der Waals surface area contributed by atoms with Crippen molar-refractivity contribution >= 4 is 23.0 Å². The Morgan fingerprint density at radius 1 is 0.912 bits per heavy atom. The van der Waals surface area contributed by atoms with Crippen LogP contribution in [0.25, 0.3) is 28.4 Å². The van der Waals surface area contributed by atoms with Crippen molar-refractivity contribution < 1.29 is 18.7 Å². The number of rotatable bonds is 5. The lowest BCUT2D eigenvalue weighted by atomic mass is 9.86. The third-order valence-corrected chi connectivity index (χ3v) is 5.50. The second kappa shape index (κ2) is 9.40. The van der Waals surface area contributed by atoms with Crippen molar-refractivity contribution in [2.75, 3.05) is 7.11 Å². The van der Waals surface area contributed by atoms with Gasteiger partial charge in [0.25, 0.3) is 0 Å². The fourth-order valence-corrected chi connectivity index (χ4v) is 3.54. The first-order chi connectivity index (χ1) is 16.3. The Hall–Kier alpha value is -4.12. The highest BCUT2D eigenvalue weighted by molar-refractivity contribution is 5.91. The van der Waals surface area contributed by atoms with Crippen molar-refractivity contribution in [1.82, 2.24) is 0 Å². The molecule has 0 N–H and O–H groups in total. The van der Waals surface area contributed by atoms with Crippen LogP contribution in [0.5, 0.6) is 11.5 Å². The van der Waals surface area contributed by atoms with Gasteiger partial charge in [-0.05, 0) is 46.9 Å². The van der Waals surface area contributed by atoms with Gasteiger partial charge in [0, 0.05) is 11.6 Å². The fraction of sp³-hybridized carbons (Fsp3) is 0.172. The minimum absolute atomic E-state index is 0.0235. The van der Waals surface area contributed by atoms with Gasteiger partial charge in [0.1, 0.15) is 11.3 Å². The molecule has 0 saturated carbocycles. The van der Waals surface area contributed by atoms with Gasteiger partial charge in [-0.15, -0.1) is 0 Å². The van der Waals surface area contributed by atoms with E-state index in [1.54, 1.807) is 49.6 Å². The third-order valence-electron chi connectivity index (χ3n) is 5.50. The van der Waals surface area contributed by atoms with Crippen LogP contribution in [0, 0.1) is 0 Å². The van der Waals surface area contributed by atoms with Crippen LogP contribution in [0.2, 0.25) is 0 Å². The van der Waals surface area contributed by atoms with E-state index in [2.05, 4.69) is 20.8 Å². The number of hydrogen-bond donors (Lipinski definition) is 0. The van der Waals surface area contributed by atoms with E-state index < -0.39 is 11.4 Å². The van der Waals surface area contributed by atoms with Crippen LogP contribution in [-0.2, 0) is 10.2 Å². The molecule has 1 heterocycles. The average Bonchev–Trinajstić information content (AvgIpc) is 2.84. The van der Waals surface area contributed by atoms with Gasteiger partial charge in [-0.1, -0.05) is 69.3 Å². The minimum atomic E-state index is -0.675. The molecule has 0 fully saturated rings. The number of carbonyl (C=O) groups is 1. The monoisotopic (exact) mass is 454 g/mol. The van der Waals surface area contributed by atoms with Crippen molar-refractivity contribution in [2.24, 2.45) is 0 Å². The molecule has 0 amide bonds. The zero-order valence-electron chi connectivity index (χ0n) is 19.6. The van der Waals surface area contributed by atoms with Crippen molar-refractivity contribution in [2.45, 2.75) is 26.2 Å². The second-order valence-corrected chi connectivity index (χ2v) is 8.94. The standard InChI is InChI=1S/C29H26O5/c1-29(2,3)21-14-12-20(13-15-21)27-28(26(31)23-7-5-6-8-24(23)33-27)34-25(30)18-11-19-9-16-22(32-4)17-10-19/h5-18H,1-4H3. The van der Waals surface area contributed by atoms with E-state index in [9.17, 15) is 9.59 Å². The first-order valence-corrected chi connectivity index (χ1v) is 11.0. The predicted octanol–water partition coefficient (Wildman–Crippen LogP) is 6.38. The van der Waals surface area contributed by atoms with Crippen LogP contribution >= 0.6 is 0 Å². The zero-order valence-corrected chi connectivity index (χ0v) is 19.6. The molecule has 5 heteroatoms. The average molecular weight is 455 g/mol. The maximum absolute atomic E-state index is 13.3. The van der Waals surface area contributed by atoms with Gasteiger partial charge < -0.3 is 13.9 Å². The van der Waals surface area contributed by atoms with Gasteiger partial charge in [0.05, 0.1) is 12.5 Å². The maximum atomic E-state index is 13.3. The quantitative estimate of drug-likeness (QED) is 0.258. The number of fused-ring (bicyclic) bond motifs is 1. The van der Waals surface area contributed by atoms with E-state index in [0.717, 1.165) is 16.9 Å². The highest BCUT2D eigenvalue weighted by atomic mass is 16.5. The summed E-state index contributed by atoms with van der Waals surface area (Å²) >= 11 is 0. The van der Waals surface area contributed by atoms with E-state index >= 15 is 0 Å². The molecule has 1 aromatic heterocycles. The van der Waals surface area contributed by atoms with Crippen LogP contribution in [-0.4, -0.2) is 13.1 Å². The number of esters is 1. The number of methoxy groups -OCH3 is 1. The highest BCUT2D eigenvalue weighted by Crippen LogP contribution is 2.33. The highest BCUT2D eigenvalue weighted by Gasteiger charge is 2.21. The Labute approximate surface area is 198 Å². The summed E-state index contributed by atoms with van der Waals surface area (Å²) < 4.78 is 16.7.